The van der Waals surface area contributed by atoms with Crippen LogP contribution < -0.4 is 0 Å². The van der Waals surface area contributed by atoms with Gasteiger partial charge in [0, 0.05) is 11.4 Å². The average molecular weight is 295 g/mol. The van der Waals surface area contributed by atoms with Crippen LogP contribution in [0.1, 0.15) is 39.2 Å². The number of Topliss-reactive ketones (excluding diaryl/α,β-unsaturated/α-hetero) is 3. The highest BCUT2D eigenvalue weighted by Gasteiger charge is 2.40. The minimum Gasteiger partial charge on any atom is -0.300 e. The van der Waals surface area contributed by atoms with E-state index in [-0.39, 0.29) is 30.2 Å². The minimum atomic E-state index is -1.11. The summed E-state index contributed by atoms with van der Waals surface area (Å²) in [6, 6.07) is 7.06. The fourth-order valence-corrected chi connectivity index (χ4v) is 2.40. The molecule has 0 aliphatic heterocycles. The van der Waals surface area contributed by atoms with Gasteiger partial charge in [0.2, 0.25) is 0 Å². The van der Waals surface area contributed by atoms with Crippen molar-refractivity contribution in [2.75, 3.05) is 0 Å². The van der Waals surface area contributed by atoms with Crippen molar-refractivity contribution in [2.45, 2.75) is 40.0 Å². The van der Waals surface area contributed by atoms with E-state index in [1.54, 1.807) is 24.3 Å². The molecule has 0 atom stereocenters. The van der Waals surface area contributed by atoms with E-state index >= 15 is 0 Å². The molecular formula is C16H19ClO3. The lowest BCUT2D eigenvalue weighted by Crippen LogP contribution is -2.39. The van der Waals surface area contributed by atoms with Crippen LogP contribution in [0.4, 0.5) is 0 Å². The van der Waals surface area contributed by atoms with Crippen LogP contribution >= 0.6 is 11.6 Å². The van der Waals surface area contributed by atoms with E-state index in [2.05, 4.69) is 0 Å². The third kappa shape index (κ3) is 4.01. The maximum Gasteiger partial charge on any atom is 0.143 e. The Kier molecular flexibility index (Phi) is 5.63. The number of halogens is 1. The fourth-order valence-electron chi connectivity index (χ4n) is 2.28. The largest absolute Gasteiger partial charge is 0.300 e. The molecule has 0 amide bonds. The second-order valence-electron chi connectivity index (χ2n) is 5.20. The molecule has 0 aromatic heterocycles. The van der Waals surface area contributed by atoms with Gasteiger partial charge in [-0.2, -0.15) is 0 Å². The molecule has 20 heavy (non-hydrogen) atoms. The molecule has 0 bridgehead atoms. The lowest BCUT2D eigenvalue weighted by atomic mass is 9.71. The van der Waals surface area contributed by atoms with Gasteiger partial charge in [-0.25, -0.2) is 0 Å². The van der Waals surface area contributed by atoms with Crippen molar-refractivity contribution in [3.63, 3.8) is 0 Å². The summed E-state index contributed by atoms with van der Waals surface area (Å²) in [4.78, 5) is 35.3. The quantitative estimate of drug-likeness (QED) is 0.724. The van der Waals surface area contributed by atoms with Gasteiger partial charge >= 0.3 is 0 Å². The van der Waals surface area contributed by atoms with E-state index in [4.69, 9.17) is 11.6 Å². The fraction of sp³-hybridized carbons (Fsp3) is 0.438. The number of hydrogen-bond donors (Lipinski definition) is 0. The highest BCUT2D eigenvalue weighted by atomic mass is 35.5. The molecule has 0 N–H and O–H groups in total. The second-order valence-corrected chi connectivity index (χ2v) is 5.64. The Morgan fingerprint density at radius 1 is 1.00 bits per heavy atom. The minimum absolute atomic E-state index is 0.0204. The van der Waals surface area contributed by atoms with Gasteiger partial charge in [-0.1, -0.05) is 23.7 Å². The smallest absolute Gasteiger partial charge is 0.143 e. The van der Waals surface area contributed by atoms with Crippen molar-refractivity contribution < 1.29 is 14.4 Å². The molecule has 0 spiro atoms. The number of rotatable bonds is 7. The zero-order valence-corrected chi connectivity index (χ0v) is 12.8. The first-order valence-corrected chi connectivity index (χ1v) is 6.91. The molecule has 1 rings (SSSR count). The van der Waals surface area contributed by atoms with Crippen LogP contribution in [0.15, 0.2) is 24.3 Å². The molecule has 0 aliphatic rings. The van der Waals surface area contributed by atoms with Gasteiger partial charge in [0.05, 0.1) is 5.41 Å². The summed E-state index contributed by atoms with van der Waals surface area (Å²) in [5, 5.41) is 0.605. The summed E-state index contributed by atoms with van der Waals surface area (Å²) >= 11 is 5.83. The van der Waals surface area contributed by atoms with Crippen molar-refractivity contribution in [2.24, 2.45) is 5.41 Å². The third-order valence-corrected chi connectivity index (χ3v) is 3.92. The zero-order valence-electron chi connectivity index (χ0n) is 12.0. The Bertz CT molecular complexity index is 503. The Labute approximate surface area is 124 Å². The van der Waals surface area contributed by atoms with Gasteiger partial charge in [0.1, 0.15) is 17.3 Å². The molecule has 0 radical (unpaired) electrons. The lowest BCUT2D eigenvalue weighted by molar-refractivity contribution is -0.139. The number of carbonyl (C=O) groups is 3. The summed E-state index contributed by atoms with van der Waals surface area (Å²) < 4.78 is 0. The Morgan fingerprint density at radius 2 is 1.50 bits per heavy atom. The zero-order chi connectivity index (χ0) is 15.3. The van der Waals surface area contributed by atoms with Gasteiger partial charge < -0.3 is 4.79 Å². The van der Waals surface area contributed by atoms with Gasteiger partial charge in [0.15, 0.2) is 0 Å². The maximum absolute atomic E-state index is 12.0. The van der Waals surface area contributed by atoms with Crippen LogP contribution in [0.2, 0.25) is 5.02 Å². The molecule has 0 heterocycles. The van der Waals surface area contributed by atoms with Crippen LogP contribution in [-0.2, 0) is 20.8 Å². The standard InChI is InChI=1S/C16H19ClO3/c1-11(18)8-9-16(12(2)19,13(3)20)10-14-4-6-15(17)7-5-14/h4-7H,8-10H2,1-3H3. The number of carbonyl (C=O) groups excluding carboxylic acids is 3. The molecular weight excluding hydrogens is 276 g/mol. The predicted molar refractivity (Wildman–Crippen MR) is 78.9 cm³/mol. The van der Waals surface area contributed by atoms with Crippen LogP contribution in [0, 0.1) is 5.41 Å². The van der Waals surface area contributed by atoms with Crippen LogP contribution in [-0.4, -0.2) is 17.3 Å². The third-order valence-electron chi connectivity index (χ3n) is 3.67. The van der Waals surface area contributed by atoms with Crippen molar-refractivity contribution in [1.29, 1.82) is 0 Å². The van der Waals surface area contributed by atoms with Gasteiger partial charge in [-0.3, -0.25) is 9.59 Å². The summed E-state index contributed by atoms with van der Waals surface area (Å²) in [5.74, 6) is -0.407. The van der Waals surface area contributed by atoms with E-state index in [0.29, 0.717) is 11.4 Å². The van der Waals surface area contributed by atoms with E-state index in [1.165, 1.54) is 20.8 Å². The molecule has 108 valence electrons. The molecule has 0 aliphatic carbocycles. The van der Waals surface area contributed by atoms with Crippen molar-refractivity contribution in [1.82, 2.24) is 0 Å². The first kappa shape index (κ1) is 16.6. The van der Waals surface area contributed by atoms with E-state index in [0.717, 1.165) is 5.56 Å². The number of hydrogen-bond acceptors (Lipinski definition) is 3. The van der Waals surface area contributed by atoms with Crippen LogP contribution in [0.25, 0.3) is 0 Å². The summed E-state index contributed by atoms with van der Waals surface area (Å²) in [6.07, 6.45) is 0.796. The average Bonchev–Trinajstić information content (AvgIpc) is 2.35. The summed E-state index contributed by atoms with van der Waals surface area (Å²) in [6.45, 7) is 4.29. The highest BCUT2D eigenvalue weighted by Crippen LogP contribution is 2.32. The maximum atomic E-state index is 12.0. The van der Waals surface area contributed by atoms with Gasteiger partial charge in [0.25, 0.3) is 0 Å². The van der Waals surface area contributed by atoms with Crippen molar-refractivity contribution >= 4 is 29.0 Å². The van der Waals surface area contributed by atoms with E-state index in [9.17, 15) is 14.4 Å². The number of benzene rings is 1. The van der Waals surface area contributed by atoms with Gasteiger partial charge in [-0.05, 0) is 51.3 Å². The molecule has 4 heteroatoms. The Balaban J connectivity index is 3.08. The molecule has 0 saturated carbocycles. The summed E-state index contributed by atoms with van der Waals surface area (Å²) in [5.41, 5.74) is -0.247. The highest BCUT2D eigenvalue weighted by molar-refractivity contribution is 6.30. The Morgan fingerprint density at radius 3 is 1.90 bits per heavy atom. The topological polar surface area (TPSA) is 51.2 Å². The van der Waals surface area contributed by atoms with E-state index in [1.807, 2.05) is 0 Å². The lowest BCUT2D eigenvalue weighted by Gasteiger charge is -2.28. The Hall–Kier alpha value is -1.48. The first-order chi connectivity index (χ1) is 9.28. The number of ketones is 3. The SMILES string of the molecule is CC(=O)CCC(Cc1ccc(Cl)cc1)(C(C)=O)C(C)=O. The van der Waals surface area contributed by atoms with Crippen LogP contribution in [0.5, 0.6) is 0 Å². The van der Waals surface area contributed by atoms with Crippen molar-refractivity contribution in [3.8, 4) is 0 Å². The summed E-state index contributed by atoms with van der Waals surface area (Å²) in [7, 11) is 0. The molecule has 1 aromatic carbocycles. The molecule has 3 nitrogen and oxygen atoms in total. The second kappa shape index (κ2) is 6.80. The molecule has 0 saturated heterocycles. The molecule has 0 fully saturated rings. The molecule has 0 unspecified atom stereocenters. The molecule has 1 aromatic rings. The van der Waals surface area contributed by atoms with Crippen LogP contribution in [0.3, 0.4) is 0 Å². The first-order valence-electron chi connectivity index (χ1n) is 6.54. The van der Waals surface area contributed by atoms with Gasteiger partial charge in [-0.15, -0.1) is 0 Å². The van der Waals surface area contributed by atoms with E-state index < -0.39 is 5.41 Å². The monoisotopic (exact) mass is 294 g/mol. The van der Waals surface area contributed by atoms with Crippen molar-refractivity contribution in [3.05, 3.63) is 34.9 Å². The predicted octanol–water partition coefficient (Wildman–Crippen LogP) is 3.42. The normalized spacial score (nSPS) is 11.2.